The first-order chi connectivity index (χ1) is 15.1. The molecule has 8 nitrogen and oxygen atoms in total. The minimum Gasteiger partial charge on any atom is -0.435 e. The maximum atomic E-state index is 14.1. The summed E-state index contributed by atoms with van der Waals surface area (Å²) in [6.07, 6.45) is 2.65. The van der Waals surface area contributed by atoms with Crippen molar-refractivity contribution in [2.75, 3.05) is 26.3 Å². The molecule has 1 aliphatic rings. The van der Waals surface area contributed by atoms with Crippen molar-refractivity contribution in [3.8, 4) is 17.7 Å². The number of para-hydroxylation sites is 1. The van der Waals surface area contributed by atoms with Gasteiger partial charge in [-0.15, -0.1) is 0 Å². The van der Waals surface area contributed by atoms with Gasteiger partial charge in [0.05, 0.1) is 13.2 Å². The molecular weight excluding hydrogens is 403 g/mol. The summed E-state index contributed by atoms with van der Waals surface area (Å²) in [5.41, 5.74) is -0.673. The number of carbonyl (C=O) groups excluding carboxylic acids is 1. The van der Waals surface area contributed by atoms with Crippen LogP contribution in [-0.4, -0.2) is 46.5 Å². The van der Waals surface area contributed by atoms with Gasteiger partial charge in [0.15, 0.2) is 11.6 Å². The summed E-state index contributed by atoms with van der Waals surface area (Å²) in [7, 11) is 0. The lowest BCUT2D eigenvalue weighted by Gasteiger charge is -2.26. The average molecular weight is 420 g/mol. The van der Waals surface area contributed by atoms with Crippen LogP contribution in [0.2, 0.25) is 0 Å². The second-order valence-corrected chi connectivity index (χ2v) is 6.67. The van der Waals surface area contributed by atoms with Gasteiger partial charge in [-0.1, -0.05) is 18.2 Å². The molecule has 0 unspecified atom stereocenters. The van der Waals surface area contributed by atoms with Crippen LogP contribution < -0.4 is 10.3 Å². The second kappa shape index (κ2) is 8.77. The minimum absolute atomic E-state index is 0.134. The van der Waals surface area contributed by atoms with E-state index >= 15 is 0 Å². The third-order valence-electron chi connectivity index (χ3n) is 4.72. The highest BCUT2D eigenvalue weighted by Gasteiger charge is 2.23. The van der Waals surface area contributed by atoms with Crippen LogP contribution in [-0.2, 0) is 9.53 Å². The van der Waals surface area contributed by atoms with Gasteiger partial charge in [-0.2, -0.15) is 10.2 Å². The molecule has 1 amide bonds. The summed E-state index contributed by atoms with van der Waals surface area (Å²) in [5.74, 6) is -1.51. The van der Waals surface area contributed by atoms with Crippen molar-refractivity contribution in [2.45, 2.75) is 0 Å². The molecule has 0 saturated carbocycles. The molecule has 4 rings (SSSR count). The summed E-state index contributed by atoms with van der Waals surface area (Å²) in [6, 6.07) is 12.4. The number of fused-ring (bicyclic) bond motifs is 1. The van der Waals surface area contributed by atoms with Gasteiger partial charge in [-0.05, 0) is 30.3 Å². The SMILES string of the molecule is N#C/C(=C\c1c(Oc2ccccc2F)nc2ccccn2c1=O)C(=O)N1CCOCC1. The Morgan fingerprint density at radius 2 is 1.94 bits per heavy atom. The quantitative estimate of drug-likeness (QED) is 0.475. The third kappa shape index (κ3) is 4.15. The predicted octanol–water partition coefficient (Wildman–Crippen LogP) is 2.39. The van der Waals surface area contributed by atoms with Crippen LogP contribution in [0.25, 0.3) is 11.7 Å². The molecule has 9 heteroatoms. The highest BCUT2D eigenvalue weighted by atomic mass is 19.1. The monoisotopic (exact) mass is 420 g/mol. The fraction of sp³-hybridized carbons (Fsp3) is 0.182. The van der Waals surface area contributed by atoms with Crippen LogP contribution in [0.5, 0.6) is 11.6 Å². The number of ether oxygens (including phenoxy) is 2. The van der Waals surface area contributed by atoms with Crippen LogP contribution in [0.3, 0.4) is 0 Å². The van der Waals surface area contributed by atoms with Crippen molar-refractivity contribution in [2.24, 2.45) is 0 Å². The van der Waals surface area contributed by atoms with Gasteiger partial charge in [-0.3, -0.25) is 14.0 Å². The summed E-state index contributed by atoms with van der Waals surface area (Å²) in [4.78, 5) is 31.7. The minimum atomic E-state index is -0.641. The van der Waals surface area contributed by atoms with Gasteiger partial charge in [0.2, 0.25) is 5.88 Å². The standard InChI is InChI=1S/C22H17FN4O4/c23-17-5-1-2-6-18(17)31-20-16(22(29)27-8-4-3-7-19(27)25-20)13-15(14-24)21(28)26-9-11-30-12-10-26/h1-8,13H,9-12H2/b15-13+. The number of hydrogen-bond acceptors (Lipinski definition) is 6. The average Bonchev–Trinajstić information content (AvgIpc) is 2.81. The summed E-state index contributed by atoms with van der Waals surface area (Å²) >= 11 is 0. The van der Waals surface area contributed by atoms with Gasteiger partial charge in [0, 0.05) is 19.3 Å². The molecule has 3 aromatic rings. The maximum absolute atomic E-state index is 14.1. The molecule has 2 aromatic heterocycles. The molecule has 0 radical (unpaired) electrons. The van der Waals surface area contributed by atoms with Gasteiger partial charge >= 0.3 is 0 Å². The van der Waals surface area contributed by atoms with Gasteiger partial charge in [0.1, 0.15) is 22.9 Å². The van der Waals surface area contributed by atoms with E-state index in [1.54, 1.807) is 24.3 Å². The lowest BCUT2D eigenvalue weighted by Crippen LogP contribution is -2.41. The Morgan fingerprint density at radius 3 is 2.68 bits per heavy atom. The smallest absolute Gasteiger partial charge is 0.269 e. The number of benzene rings is 1. The van der Waals surface area contributed by atoms with Crippen molar-refractivity contribution in [1.82, 2.24) is 14.3 Å². The number of amides is 1. The first-order valence-electron chi connectivity index (χ1n) is 9.51. The molecular formula is C22H17FN4O4. The van der Waals surface area contributed by atoms with E-state index in [2.05, 4.69) is 4.98 Å². The number of morpholine rings is 1. The number of rotatable bonds is 4. The van der Waals surface area contributed by atoms with Gasteiger partial charge in [0.25, 0.3) is 11.5 Å². The number of halogens is 1. The fourth-order valence-corrected chi connectivity index (χ4v) is 3.14. The summed E-state index contributed by atoms with van der Waals surface area (Å²) in [6.45, 7) is 1.41. The first-order valence-corrected chi connectivity index (χ1v) is 9.51. The number of pyridine rings is 1. The summed E-state index contributed by atoms with van der Waals surface area (Å²) < 4.78 is 26.2. The number of nitriles is 1. The topological polar surface area (TPSA) is 96.9 Å². The van der Waals surface area contributed by atoms with Crippen molar-refractivity contribution in [1.29, 1.82) is 5.26 Å². The van der Waals surface area contributed by atoms with Crippen LogP contribution >= 0.6 is 0 Å². The second-order valence-electron chi connectivity index (χ2n) is 6.67. The largest absolute Gasteiger partial charge is 0.435 e. The predicted molar refractivity (Wildman–Crippen MR) is 109 cm³/mol. The van der Waals surface area contributed by atoms with E-state index in [0.29, 0.717) is 26.3 Å². The molecule has 0 atom stereocenters. The van der Waals surface area contributed by atoms with E-state index in [1.165, 1.54) is 33.7 Å². The Hall–Kier alpha value is -4.03. The Morgan fingerprint density at radius 1 is 1.19 bits per heavy atom. The molecule has 1 aliphatic heterocycles. The molecule has 1 saturated heterocycles. The van der Waals surface area contributed by atoms with Crippen molar-refractivity contribution in [3.05, 3.63) is 76.0 Å². The van der Waals surface area contributed by atoms with Gasteiger partial charge < -0.3 is 14.4 Å². The third-order valence-corrected chi connectivity index (χ3v) is 4.72. The number of carbonyl (C=O) groups is 1. The zero-order valence-corrected chi connectivity index (χ0v) is 16.3. The highest BCUT2D eigenvalue weighted by molar-refractivity contribution is 6.02. The van der Waals surface area contributed by atoms with E-state index in [4.69, 9.17) is 9.47 Å². The van der Waals surface area contributed by atoms with E-state index in [-0.39, 0.29) is 28.4 Å². The fourth-order valence-electron chi connectivity index (χ4n) is 3.14. The van der Waals surface area contributed by atoms with Crippen LogP contribution in [0.1, 0.15) is 5.56 Å². The molecule has 0 aliphatic carbocycles. The van der Waals surface area contributed by atoms with Crippen LogP contribution in [0, 0.1) is 17.1 Å². The zero-order valence-electron chi connectivity index (χ0n) is 16.3. The molecule has 0 bridgehead atoms. The summed E-state index contributed by atoms with van der Waals surface area (Å²) in [5, 5.41) is 9.59. The molecule has 0 N–H and O–H groups in total. The molecule has 1 fully saturated rings. The van der Waals surface area contributed by atoms with E-state index in [9.17, 15) is 19.2 Å². The molecule has 156 valence electrons. The number of aromatic nitrogens is 2. The Labute approximate surface area is 176 Å². The molecule has 31 heavy (non-hydrogen) atoms. The maximum Gasteiger partial charge on any atom is 0.269 e. The van der Waals surface area contributed by atoms with Gasteiger partial charge in [-0.25, -0.2) is 4.39 Å². The molecule has 1 aromatic carbocycles. The van der Waals surface area contributed by atoms with Crippen LogP contribution in [0.15, 0.2) is 59.0 Å². The first kappa shape index (κ1) is 20.3. The molecule has 0 spiro atoms. The Bertz CT molecular complexity index is 1270. The van der Waals surface area contributed by atoms with Crippen molar-refractivity contribution < 1.29 is 18.7 Å². The zero-order chi connectivity index (χ0) is 21.8. The van der Waals surface area contributed by atoms with Crippen molar-refractivity contribution in [3.63, 3.8) is 0 Å². The van der Waals surface area contributed by atoms with Crippen LogP contribution in [0.4, 0.5) is 4.39 Å². The molecule has 3 heterocycles. The number of hydrogen-bond donors (Lipinski definition) is 0. The number of nitrogens with zero attached hydrogens (tertiary/aromatic N) is 4. The Kier molecular flexibility index (Phi) is 5.73. The van der Waals surface area contributed by atoms with E-state index in [0.717, 1.165) is 6.08 Å². The normalized spacial score (nSPS) is 14.3. The Balaban J connectivity index is 1.84. The lowest BCUT2D eigenvalue weighted by atomic mass is 10.1. The lowest BCUT2D eigenvalue weighted by molar-refractivity contribution is -0.130. The van der Waals surface area contributed by atoms with Crippen molar-refractivity contribution >= 4 is 17.6 Å². The highest BCUT2D eigenvalue weighted by Crippen LogP contribution is 2.26. The van der Waals surface area contributed by atoms with E-state index < -0.39 is 17.3 Å². The van der Waals surface area contributed by atoms with E-state index in [1.807, 2.05) is 6.07 Å².